The summed E-state index contributed by atoms with van der Waals surface area (Å²) in [7, 11) is 0. The molecule has 0 unspecified atom stereocenters. The van der Waals surface area contributed by atoms with Gasteiger partial charge in [0.25, 0.3) is 0 Å². The lowest BCUT2D eigenvalue weighted by atomic mass is 10.1. The molecule has 0 aliphatic heterocycles. The van der Waals surface area contributed by atoms with Gasteiger partial charge in [-0.2, -0.15) is 11.8 Å². The van der Waals surface area contributed by atoms with E-state index >= 15 is 0 Å². The fourth-order valence-electron chi connectivity index (χ4n) is 2.40. The van der Waals surface area contributed by atoms with Crippen molar-refractivity contribution in [3.63, 3.8) is 0 Å². The van der Waals surface area contributed by atoms with Crippen molar-refractivity contribution in [2.24, 2.45) is 4.99 Å². The van der Waals surface area contributed by atoms with Gasteiger partial charge in [0.2, 0.25) is 0 Å². The Balaban J connectivity index is 2.17. The van der Waals surface area contributed by atoms with Crippen LogP contribution in [0.5, 0.6) is 0 Å². The molecule has 1 fully saturated rings. The first kappa shape index (κ1) is 17.6. The topological polar surface area (TPSA) is 45.7 Å². The number of hydrogen-bond acceptors (Lipinski definition) is 3. The predicted octanol–water partition coefficient (Wildman–Crippen LogP) is 2.64. The molecule has 5 heteroatoms. The number of guanidine groups is 1. The Labute approximate surface area is 128 Å². The molecule has 1 rings (SSSR count). The highest BCUT2D eigenvalue weighted by Crippen LogP contribution is 2.19. The minimum atomic E-state index is 0.472. The molecule has 0 aromatic rings. The van der Waals surface area contributed by atoms with Crippen LogP contribution in [0.3, 0.4) is 0 Å². The molecule has 1 aliphatic carbocycles. The van der Waals surface area contributed by atoms with Crippen molar-refractivity contribution in [2.75, 3.05) is 38.2 Å². The van der Waals surface area contributed by atoms with Gasteiger partial charge in [-0.25, -0.2) is 0 Å². The van der Waals surface area contributed by atoms with Gasteiger partial charge in [-0.05, 0) is 26.0 Å². The molecule has 20 heavy (non-hydrogen) atoms. The number of hydrogen-bond donors (Lipinski definition) is 2. The second-order valence-corrected chi connectivity index (χ2v) is 6.15. The van der Waals surface area contributed by atoms with Crippen LogP contribution in [0.2, 0.25) is 0 Å². The van der Waals surface area contributed by atoms with Gasteiger partial charge in [-0.3, -0.25) is 4.99 Å². The SMILES string of the molecule is CCNC(=NCCOC1CCCCCC1)NCCSC. The number of thioether (sulfide) groups is 1. The largest absolute Gasteiger partial charge is 0.376 e. The van der Waals surface area contributed by atoms with Crippen molar-refractivity contribution >= 4 is 17.7 Å². The molecule has 1 aliphatic rings. The summed E-state index contributed by atoms with van der Waals surface area (Å²) < 4.78 is 5.95. The monoisotopic (exact) mass is 301 g/mol. The summed E-state index contributed by atoms with van der Waals surface area (Å²) in [6.45, 7) is 5.42. The van der Waals surface area contributed by atoms with Crippen molar-refractivity contribution in [2.45, 2.75) is 51.6 Å². The second kappa shape index (κ2) is 12.3. The highest BCUT2D eigenvalue weighted by atomic mass is 32.2. The highest BCUT2D eigenvalue weighted by molar-refractivity contribution is 7.98. The van der Waals surface area contributed by atoms with Crippen LogP contribution in [-0.4, -0.2) is 50.3 Å². The average Bonchev–Trinajstić information content (AvgIpc) is 2.72. The summed E-state index contributed by atoms with van der Waals surface area (Å²) in [6.07, 6.45) is 10.5. The van der Waals surface area contributed by atoms with Crippen molar-refractivity contribution in [3.8, 4) is 0 Å². The summed E-state index contributed by atoms with van der Waals surface area (Å²) in [4.78, 5) is 4.55. The summed E-state index contributed by atoms with van der Waals surface area (Å²) in [6, 6.07) is 0. The quantitative estimate of drug-likeness (QED) is 0.313. The van der Waals surface area contributed by atoms with E-state index in [1.54, 1.807) is 0 Å². The Morgan fingerprint density at radius 2 is 1.95 bits per heavy atom. The molecule has 0 amide bonds. The Hall–Kier alpha value is -0.420. The lowest BCUT2D eigenvalue weighted by Crippen LogP contribution is -2.38. The Kier molecular flexibility index (Phi) is 10.9. The highest BCUT2D eigenvalue weighted by Gasteiger charge is 2.11. The zero-order valence-electron chi connectivity index (χ0n) is 13.1. The number of nitrogens with zero attached hydrogens (tertiary/aromatic N) is 1. The number of ether oxygens (including phenoxy) is 1. The van der Waals surface area contributed by atoms with Crippen LogP contribution in [0.1, 0.15) is 45.4 Å². The molecule has 2 N–H and O–H groups in total. The third-order valence-corrected chi connectivity index (χ3v) is 4.07. The molecule has 0 heterocycles. The van der Waals surface area contributed by atoms with Gasteiger partial charge >= 0.3 is 0 Å². The third kappa shape index (κ3) is 8.69. The summed E-state index contributed by atoms with van der Waals surface area (Å²) in [5.74, 6) is 2.01. The van der Waals surface area contributed by atoms with Gasteiger partial charge in [0.15, 0.2) is 5.96 Å². The van der Waals surface area contributed by atoms with Gasteiger partial charge in [0.1, 0.15) is 0 Å². The molecule has 0 aromatic carbocycles. The standard InChI is InChI=1S/C15H31N3OS/c1-3-16-15(18-11-13-20-2)17-10-12-19-14-8-6-4-5-7-9-14/h14H,3-13H2,1-2H3,(H2,16,17,18). The van der Waals surface area contributed by atoms with E-state index in [0.29, 0.717) is 6.10 Å². The molecular weight excluding hydrogens is 270 g/mol. The van der Waals surface area contributed by atoms with Crippen LogP contribution in [0.15, 0.2) is 4.99 Å². The molecule has 0 aromatic heterocycles. The summed E-state index contributed by atoms with van der Waals surface area (Å²) in [5, 5.41) is 6.60. The smallest absolute Gasteiger partial charge is 0.191 e. The van der Waals surface area contributed by atoms with Crippen LogP contribution in [-0.2, 0) is 4.74 Å². The number of rotatable bonds is 8. The molecule has 0 bridgehead atoms. The van der Waals surface area contributed by atoms with Gasteiger partial charge in [-0.1, -0.05) is 25.7 Å². The summed E-state index contributed by atoms with van der Waals surface area (Å²) in [5.41, 5.74) is 0. The molecule has 0 radical (unpaired) electrons. The minimum Gasteiger partial charge on any atom is -0.376 e. The van der Waals surface area contributed by atoms with E-state index in [4.69, 9.17) is 4.74 Å². The van der Waals surface area contributed by atoms with Gasteiger partial charge < -0.3 is 15.4 Å². The predicted molar refractivity (Wildman–Crippen MR) is 89.8 cm³/mol. The maximum Gasteiger partial charge on any atom is 0.191 e. The van der Waals surface area contributed by atoms with Crippen molar-refractivity contribution in [1.29, 1.82) is 0 Å². The van der Waals surface area contributed by atoms with Gasteiger partial charge in [0, 0.05) is 18.8 Å². The first-order valence-corrected chi connectivity index (χ1v) is 9.39. The van der Waals surface area contributed by atoms with Crippen LogP contribution in [0.25, 0.3) is 0 Å². The molecule has 0 saturated heterocycles. The zero-order chi connectivity index (χ0) is 14.5. The van der Waals surface area contributed by atoms with E-state index in [1.165, 1.54) is 38.5 Å². The Bertz CT molecular complexity index is 254. The fraction of sp³-hybridized carbons (Fsp3) is 0.933. The maximum atomic E-state index is 5.95. The van der Waals surface area contributed by atoms with E-state index in [0.717, 1.165) is 38.0 Å². The lowest BCUT2D eigenvalue weighted by molar-refractivity contribution is 0.0487. The molecule has 0 spiro atoms. The summed E-state index contributed by atoms with van der Waals surface area (Å²) >= 11 is 1.84. The van der Waals surface area contributed by atoms with Gasteiger partial charge in [0.05, 0.1) is 19.3 Å². The first-order valence-electron chi connectivity index (χ1n) is 7.99. The van der Waals surface area contributed by atoms with Crippen LogP contribution in [0.4, 0.5) is 0 Å². The van der Waals surface area contributed by atoms with E-state index in [2.05, 4.69) is 28.8 Å². The van der Waals surface area contributed by atoms with Gasteiger partial charge in [-0.15, -0.1) is 0 Å². The van der Waals surface area contributed by atoms with E-state index in [1.807, 2.05) is 11.8 Å². The molecule has 1 saturated carbocycles. The van der Waals surface area contributed by atoms with E-state index in [9.17, 15) is 0 Å². The van der Waals surface area contributed by atoms with E-state index in [-0.39, 0.29) is 0 Å². The third-order valence-electron chi connectivity index (χ3n) is 3.46. The molecular formula is C15H31N3OS. The minimum absolute atomic E-state index is 0.472. The maximum absolute atomic E-state index is 5.95. The van der Waals surface area contributed by atoms with Crippen molar-refractivity contribution in [3.05, 3.63) is 0 Å². The fourth-order valence-corrected chi connectivity index (χ4v) is 2.70. The Morgan fingerprint density at radius 3 is 2.60 bits per heavy atom. The van der Waals surface area contributed by atoms with Crippen LogP contribution < -0.4 is 10.6 Å². The molecule has 4 nitrogen and oxygen atoms in total. The van der Waals surface area contributed by atoms with Crippen LogP contribution >= 0.6 is 11.8 Å². The van der Waals surface area contributed by atoms with Crippen molar-refractivity contribution in [1.82, 2.24) is 10.6 Å². The number of nitrogens with one attached hydrogen (secondary N) is 2. The normalized spacial score (nSPS) is 17.8. The number of aliphatic imine (C=N–C) groups is 1. The Morgan fingerprint density at radius 1 is 1.20 bits per heavy atom. The second-order valence-electron chi connectivity index (χ2n) is 5.16. The van der Waals surface area contributed by atoms with Crippen LogP contribution in [0, 0.1) is 0 Å². The van der Waals surface area contributed by atoms with E-state index < -0.39 is 0 Å². The zero-order valence-corrected chi connectivity index (χ0v) is 13.9. The average molecular weight is 301 g/mol. The first-order chi connectivity index (χ1) is 9.86. The molecule has 118 valence electrons. The van der Waals surface area contributed by atoms with Crippen molar-refractivity contribution < 1.29 is 4.74 Å². The molecule has 0 atom stereocenters. The lowest BCUT2D eigenvalue weighted by Gasteiger charge is -2.15.